The Hall–Kier alpha value is -1.51. The van der Waals surface area contributed by atoms with Crippen LogP contribution in [0.5, 0.6) is 5.75 Å². The number of carbonyl (C=O) groups is 1. The van der Waals surface area contributed by atoms with Crippen LogP contribution in [0.1, 0.15) is 70.2 Å². The zero-order chi connectivity index (χ0) is 16.4. The van der Waals surface area contributed by atoms with Crippen molar-refractivity contribution >= 4 is 5.91 Å². The smallest absolute Gasteiger partial charge is 0.225 e. The van der Waals surface area contributed by atoms with E-state index in [2.05, 4.69) is 38.2 Å². The topological polar surface area (TPSA) is 38.3 Å². The largest absolute Gasteiger partial charge is 0.496 e. The lowest BCUT2D eigenvalue weighted by Gasteiger charge is -2.24. The number of aryl methyl sites for hydroxylation is 1. The van der Waals surface area contributed by atoms with Gasteiger partial charge in [-0.15, -0.1) is 0 Å². The number of hydrogen-bond donors (Lipinski definition) is 1. The van der Waals surface area contributed by atoms with E-state index >= 15 is 0 Å². The molecule has 1 aromatic carbocycles. The van der Waals surface area contributed by atoms with Crippen LogP contribution >= 0.6 is 0 Å². The number of benzene rings is 1. The highest BCUT2D eigenvalue weighted by Gasteiger charge is 2.24. The predicted molar refractivity (Wildman–Crippen MR) is 87.8 cm³/mol. The minimum absolute atomic E-state index is 0.0138. The van der Waals surface area contributed by atoms with Crippen molar-refractivity contribution in [1.29, 1.82) is 0 Å². The molecular weight excluding hydrogens is 262 g/mol. The standard InChI is InChI=1S/C18H29NO2/c1-11(2)14-10-15(12(3)9-16(14)21-8)13(4)19-17(20)18(5,6)7/h9-11,13H,1-8H3,(H,19,20)/t13-/m0/s1. The molecule has 0 aromatic heterocycles. The van der Waals surface area contributed by atoms with Gasteiger partial charge in [0.05, 0.1) is 13.2 Å². The quantitative estimate of drug-likeness (QED) is 0.895. The Labute approximate surface area is 129 Å². The summed E-state index contributed by atoms with van der Waals surface area (Å²) in [4.78, 5) is 12.2. The number of ether oxygens (including phenoxy) is 1. The zero-order valence-electron chi connectivity index (χ0n) is 14.6. The molecular formula is C18H29NO2. The summed E-state index contributed by atoms with van der Waals surface area (Å²) in [5.74, 6) is 1.36. The molecule has 0 aliphatic rings. The van der Waals surface area contributed by atoms with Gasteiger partial charge in [0, 0.05) is 5.41 Å². The first-order valence-electron chi connectivity index (χ1n) is 7.57. The van der Waals surface area contributed by atoms with Crippen molar-refractivity contribution in [3.8, 4) is 5.75 Å². The monoisotopic (exact) mass is 291 g/mol. The molecule has 21 heavy (non-hydrogen) atoms. The third-order valence-electron chi connectivity index (χ3n) is 3.74. The van der Waals surface area contributed by atoms with E-state index in [4.69, 9.17) is 4.74 Å². The average Bonchev–Trinajstić information content (AvgIpc) is 2.36. The molecule has 0 aliphatic carbocycles. The summed E-state index contributed by atoms with van der Waals surface area (Å²) >= 11 is 0. The SMILES string of the molecule is COc1cc(C)c([C@H](C)NC(=O)C(C)(C)C)cc1C(C)C. The molecule has 0 saturated carbocycles. The van der Waals surface area contributed by atoms with Crippen molar-refractivity contribution < 1.29 is 9.53 Å². The third kappa shape index (κ3) is 4.23. The van der Waals surface area contributed by atoms with Crippen molar-refractivity contribution in [2.24, 2.45) is 5.41 Å². The lowest BCUT2D eigenvalue weighted by Crippen LogP contribution is -2.36. The molecule has 3 heteroatoms. The summed E-state index contributed by atoms with van der Waals surface area (Å²) in [6.45, 7) is 14.2. The predicted octanol–water partition coefficient (Wildman–Crippen LogP) is 4.35. The molecule has 0 radical (unpaired) electrons. The summed E-state index contributed by atoms with van der Waals surface area (Å²) in [5.41, 5.74) is 3.08. The summed E-state index contributed by atoms with van der Waals surface area (Å²) in [7, 11) is 1.70. The Morgan fingerprint density at radius 1 is 1.14 bits per heavy atom. The fourth-order valence-corrected chi connectivity index (χ4v) is 2.30. The van der Waals surface area contributed by atoms with E-state index in [1.807, 2.05) is 27.7 Å². The van der Waals surface area contributed by atoms with Crippen molar-refractivity contribution in [2.45, 2.75) is 60.4 Å². The first-order chi connectivity index (χ1) is 9.57. The van der Waals surface area contributed by atoms with Gasteiger partial charge < -0.3 is 10.1 Å². The number of amides is 1. The van der Waals surface area contributed by atoms with Crippen LogP contribution in [0.3, 0.4) is 0 Å². The summed E-state index contributed by atoms with van der Waals surface area (Å²) in [6, 6.07) is 4.21. The Morgan fingerprint density at radius 2 is 1.71 bits per heavy atom. The summed E-state index contributed by atoms with van der Waals surface area (Å²) in [6.07, 6.45) is 0. The Balaban J connectivity index is 3.13. The van der Waals surface area contributed by atoms with E-state index < -0.39 is 0 Å². The third-order valence-corrected chi connectivity index (χ3v) is 3.74. The number of rotatable bonds is 4. The van der Waals surface area contributed by atoms with Gasteiger partial charge >= 0.3 is 0 Å². The van der Waals surface area contributed by atoms with Crippen molar-refractivity contribution in [2.75, 3.05) is 7.11 Å². The maximum Gasteiger partial charge on any atom is 0.225 e. The molecule has 1 aromatic rings. The van der Waals surface area contributed by atoms with Crippen LogP contribution in [-0.4, -0.2) is 13.0 Å². The number of hydrogen-bond acceptors (Lipinski definition) is 2. The maximum atomic E-state index is 12.2. The van der Waals surface area contributed by atoms with E-state index in [1.165, 1.54) is 5.56 Å². The van der Waals surface area contributed by atoms with Gasteiger partial charge in [-0.05, 0) is 48.6 Å². The van der Waals surface area contributed by atoms with Gasteiger partial charge in [-0.1, -0.05) is 34.6 Å². The van der Waals surface area contributed by atoms with Crippen LogP contribution in [0.15, 0.2) is 12.1 Å². The van der Waals surface area contributed by atoms with Crippen LogP contribution in [0, 0.1) is 12.3 Å². The zero-order valence-corrected chi connectivity index (χ0v) is 14.6. The van der Waals surface area contributed by atoms with Crippen LogP contribution in [0.25, 0.3) is 0 Å². The van der Waals surface area contributed by atoms with Crippen LogP contribution in [0.2, 0.25) is 0 Å². The molecule has 1 rings (SSSR count). The normalized spacial score (nSPS) is 13.2. The number of carbonyl (C=O) groups excluding carboxylic acids is 1. The van der Waals surface area contributed by atoms with E-state index in [-0.39, 0.29) is 17.4 Å². The summed E-state index contributed by atoms with van der Waals surface area (Å²) < 4.78 is 5.47. The Morgan fingerprint density at radius 3 is 2.14 bits per heavy atom. The van der Waals surface area contributed by atoms with Gasteiger partial charge in [0.25, 0.3) is 0 Å². The number of methoxy groups -OCH3 is 1. The van der Waals surface area contributed by atoms with Gasteiger partial charge in [-0.2, -0.15) is 0 Å². The van der Waals surface area contributed by atoms with Crippen LogP contribution < -0.4 is 10.1 Å². The van der Waals surface area contributed by atoms with Gasteiger partial charge in [0.1, 0.15) is 5.75 Å². The van der Waals surface area contributed by atoms with Gasteiger partial charge in [-0.3, -0.25) is 4.79 Å². The lowest BCUT2D eigenvalue weighted by molar-refractivity contribution is -0.129. The summed E-state index contributed by atoms with van der Waals surface area (Å²) in [5, 5.41) is 3.10. The van der Waals surface area contributed by atoms with Crippen molar-refractivity contribution in [1.82, 2.24) is 5.32 Å². The maximum absolute atomic E-state index is 12.2. The van der Waals surface area contributed by atoms with E-state index in [9.17, 15) is 4.79 Å². The Bertz CT molecular complexity index is 513. The van der Waals surface area contributed by atoms with Gasteiger partial charge in [-0.25, -0.2) is 0 Å². The fraction of sp³-hybridized carbons (Fsp3) is 0.611. The molecule has 0 spiro atoms. The van der Waals surface area contributed by atoms with E-state index in [0.29, 0.717) is 5.92 Å². The highest BCUT2D eigenvalue weighted by molar-refractivity contribution is 5.81. The van der Waals surface area contributed by atoms with Gasteiger partial charge in [0.15, 0.2) is 0 Å². The van der Waals surface area contributed by atoms with E-state index in [0.717, 1.165) is 16.9 Å². The lowest BCUT2D eigenvalue weighted by atomic mass is 9.91. The molecule has 0 heterocycles. The first-order valence-corrected chi connectivity index (χ1v) is 7.57. The molecule has 118 valence electrons. The molecule has 0 aliphatic heterocycles. The molecule has 0 unspecified atom stereocenters. The second-order valence-electron chi connectivity index (χ2n) is 7.05. The Kier molecular flexibility index (Phi) is 5.43. The fourth-order valence-electron chi connectivity index (χ4n) is 2.30. The van der Waals surface area contributed by atoms with Crippen molar-refractivity contribution in [3.05, 3.63) is 28.8 Å². The average molecular weight is 291 g/mol. The highest BCUT2D eigenvalue weighted by Crippen LogP contribution is 2.32. The number of nitrogens with one attached hydrogen (secondary N) is 1. The minimum atomic E-state index is -0.379. The molecule has 1 atom stereocenters. The van der Waals surface area contributed by atoms with E-state index in [1.54, 1.807) is 7.11 Å². The molecule has 1 N–H and O–H groups in total. The van der Waals surface area contributed by atoms with Gasteiger partial charge in [0.2, 0.25) is 5.91 Å². The molecule has 1 amide bonds. The minimum Gasteiger partial charge on any atom is -0.496 e. The molecule has 0 fully saturated rings. The second kappa shape index (κ2) is 6.50. The highest BCUT2D eigenvalue weighted by atomic mass is 16.5. The molecule has 0 saturated heterocycles. The van der Waals surface area contributed by atoms with Crippen LogP contribution in [-0.2, 0) is 4.79 Å². The molecule has 3 nitrogen and oxygen atoms in total. The second-order valence-corrected chi connectivity index (χ2v) is 7.05. The van der Waals surface area contributed by atoms with Crippen molar-refractivity contribution in [3.63, 3.8) is 0 Å². The molecule has 0 bridgehead atoms. The first kappa shape index (κ1) is 17.5. The van der Waals surface area contributed by atoms with Crippen LogP contribution in [0.4, 0.5) is 0 Å².